The maximum absolute atomic E-state index is 14.5. The summed E-state index contributed by atoms with van der Waals surface area (Å²) >= 11 is 0. The first kappa shape index (κ1) is 21.1. The molecule has 1 aromatic carbocycles. The molecule has 1 aliphatic heterocycles. The molecule has 2 aromatic rings. The lowest BCUT2D eigenvalue weighted by Crippen LogP contribution is -2.51. The van der Waals surface area contributed by atoms with Crippen LogP contribution in [0.1, 0.15) is 37.6 Å². The summed E-state index contributed by atoms with van der Waals surface area (Å²) in [6.45, 7) is 7.03. The molecule has 0 spiro atoms. The number of nitriles is 1. The second-order valence-electron chi connectivity index (χ2n) is 7.72. The maximum Gasteiger partial charge on any atom is 0.275 e. The first-order chi connectivity index (χ1) is 13.7. The quantitative estimate of drug-likeness (QED) is 0.757. The Labute approximate surface area is 168 Å². The van der Waals surface area contributed by atoms with Gasteiger partial charge in [-0.1, -0.05) is 13.8 Å². The molecule has 8 heteroatoms. The Bertz CT molecular complexity index is 895. The van der Waals surface area contributed by atoms with Crippen LogP contribution in [0.3, 0.4) is 0 Å². The molecule has 154 valence electrons. The maximum atomic E-state index is 14.5. The molecule has 0 aliphatic carbocycles. The summed E-state index contributed by atoms with van der Waals surface area (Å²) in [5, 5.41) is 17.4. The number of hydrogen-bond acceptors (Lipinski definition) is 5. The fourth-order valence-electron chi connectivity index (χ4n) is 3.55. The van der Waals surface area contributed by atoms with Crippen molar-refractivity contribution in [3.63, 3.8) is 0 Å². The van der Waals surface area contributed by atoms with Crippen LogP contribution in [-0.4, -0.2) is 40.8 Å². The lowest BCUT2D eigenvalue weighted by Gasteiger charge is -2.41. The zero-order chi connectivity index (χ0) is 21.2. The van der Waals surface area contributed by atoms with Gasteiger partial charge in [0.05, 0.1) is 11.4 Å². The Hall–Kier alpha value is -2.66. The topological polar surface area (TPSA) is 56.1 Å². The molecule has 1 atom stereocenters. The van der Waals surface area contributed by atoms with E-state index in [1.807, 2.05) is 30.0 Å². The van der Waals surface area contributed by atoms with Crippen molar-refractivity contribution in [2.45, 2.75) is 39.3 Å². The summed E-state index contributed by atoms with van der Waals surface area (Å²) in [6.07, 6.45) is 1.61. The molecule has 1 saturated heterocycles. The van der Waals surface area contributed by atoms with E-state index in [2.05, 4.69) is 15.1 Å². The number of hydrogen-bond donors (Lipinski definition) is 0. The van der Waals surface area contributed by atoms with Crippen molar-refractivity contribution < 1.29 is 13.2 Å². The third kappa shape index (κ3) is 4.35. The third-order valence-corrected chi connectivity index (χ3v) is 5.39. The van der Waals surface area contributed by atoms with Crippen molar-refractivity contribution in [1.82, 2.24) is 15.1 Å². The minimum absolute atomic E-state index is 0.0645. The van der Waals surface area contributed by atoms with E-state index in [1.165, 1.54) is 19.9 Å². The Morgan fingerprint density at radius 3 is 2.66 bits per heavy atom. The molecular formula is C21H24F3N5. The highest BCUT2D eigenvalue weighted by Gasteiger charge is 2.38. The van der Waals surface area contributed by atoms with Crippen LogP contribution in [0.2, 0.25) is 0 Å². The van der Waals surface area contributed by atoms with Crippen molar-refractivity contribution in [2.75, 3.05) is 24.5 Å². The number of anilines is 1. The second-order valence-corrected chi connectivity index (χ2v) is 7.72. The van der Waals surface area contributed by atoms with Crippen LogP contribution in [0.4, 0.5) is 18.9 Å². The van der Waals surface area contributed by atoms with E-state index in [0.717, 1.165) is 11.8 Å². The Balaban J connectivity index is 1.85. The minimum Gasteiger partial charge on any atom is -0.368 e. The van der Waals surface area contributed by atoms with E-state index in [9.17, 15) is 18.4 Å². The smallest absolute Gasteiger partial charge is 0.275 e. The fourth-order valence-corrected chi connectivity index (χ4v) is 3.55. The Kier molecular flexibility index (Phi) is 6.08. The van der Waals surface area contributed by atoms with Gasteiger partial charge in [0.1, 0.15) is 17.4 Å². The van der Waals surface area contributed by atoms with E-state index < -0.39 is 23.2 Å². The molecule has 3 rings (SSSR count). The number of nitrogens with zero attached hydrogens (tertiary/aromatic N) is 5. The third-order valence-electron chi connectivity index (χ3n) is 5.39. The Morgan fingerprint density at radius 1 is 1.31 bits per heavy atom. The predicted octanol–water partition coefficient (Wildman–Crippen LogP) is 3.95. The summed E-state index contributed by atoms with van der Waals surface area (Å²) in [5.74, 6) is -5.07. The van der Waals surface area contributed by atoms with E-state index >= 15 is 0 Å². The number of aromatic nitrogens is 2. The molecule has 1 fully saturated rings. The molecule has 1 aromatic heterocycles. The van der Waals surface area contributed by atoms with Crippen molar-refractivity contribution >= 4 is 5.69 Å². The SMILES string of the molecule is CC(C)C(F)(F)c1cc(F)c(C#N)c(N2CCN(Cc3cccnn3)[C@@H](C)C2)c1. The summed E-state index contributed by atoms with van der Waals surface area (Å²) in [6, 6.07) is 7.68. The van der Waals surface area contributed by atoms with Crippen LogP contribution in [0, 0.1) is 23.1 Å². The van der Waals surface area contributed by atoms with Crippen molar-refractivity contribution in [2.24, 2.45) is 5.92 Å². The molecule has 5 nitrogen and oxygen atoms in total. The van der Waals surface area contributed by atoms with Gasteiger partial charge in [0.2, 0.25) is 0 Å². The molecule has 29 heavy (non-hydrogen) atoms. The first-order valence-electron chi connectivity index (χ1n) is 9.61. The summed E-state index contributed by atoms with van der Waals surface area (Å²) < 4.78 is 43.6. The minimum atomic E-state index is -3.18. The highest BCUT2D eigenvalue weighted by molar-refractivity contribution is 5.62. The summed E-state index contributed by atoms with van der Waals surface area (Å²) in [4.78, 5) is 4.02. The van der Waals surface area contributed by atoms with Gasteiger partial charge >= 0.3 is 0 Å². The van der Waals surface area contributed by atoms with E-state index in [1.54, 1.807) is 6.20 Å². The number of rotatable bonds is 5. The predicted molar refractivity (Wildman–Crippen MR) is 104 cm³/mol. The van der Waals surface area contributed by atoms with Gasteiger partial charge in [-0.15, -0.1) is 0 Å². The fraction of sp³-hybridized carbons (Fsp3) is 0.476. The molecule has 0 unspecified atom stereocenters. The number of piperazine rings is 1. The highest BCUT2D eigenvalue weighted by atomic mass is 19.3. The lowest BCUT2D eigenvalue weighted by molar-refractivity contribution is -0.0516. The number of benzene rings is 1. The average molecular weight is 403 g/mol. The van der Waals surface area contributed by atoms with Crippen LogP contribution in [0.25, 0.3) is 0 Å². The van der Waals surface area contributed by atoms with Crippen LogP contribution in [0.5, 0.6) is 0 Å². The zero-order valence-electron chi connectivity index (χ0n) is 16.7. The van der Waals surface area contributed by atoms with Gasteiger partial charge in [-0.3, -0.25) is 4.90 Å². The zero-order valence-corrected chi connectivity index (χ0v) is 16.7. The molecule has 0 N–H and O–H groups in total. The van der Waals surface area contributed by atoms with Crippen LogP contribution in [0.15, 0.2) is 30.5 Å². The number of halogens is 3. The van der Waals surface area contributed by atoms with E-state index in [4.69, 9.17) is 0 Å². The molecule has 0 bridgehead atoms. The van der Waals surface area contributed by atoms with Gasteiger partial charge in [0.25, 0.3) is 5.92 Å². The van der Waals surface area contributed by atoms with Gasteiger partial charge in [-0.25, -0.2) is 13.2 Å². The molecule has 1 aliphatic rings. The van der Waals surface area contributed by atoms with E-state index in [0.29, 0.717) is 26.2 Å². The van der Waals surface area contributed by atoms with Gasteiger partial charge < -0.3 is 4.90 Å². The van der Waals surface area contributed by atoms with Gasteiger partial charge in [-0.2, -0.15) is 15.5 Å². The summed E-state index contributed by atoms with van der Waals surface area (Å²) in [5.41, 5.74) is 0.487. The molecule has 2 heterocycles. The van der Waals surface area contributed by atoms with Crippen LogP contribution < -0.4 is 4.90 Å². The molecule has 0 saturated carbocycles. The van der Waals surface area contributed by atoms with Crippen molar-refractivity contribution in [3.05, 3.63) is 53.1 Å². The highest BCUT2D eigenvalue weighted by Crippen LogP contribution is 2.39. The van der Waals surface area contributed by atoms with Crippen LogP contribution in [-0.2, 0) is 12.5 Å². The van der Waals surface area contributed by atoms with E-state index in [-0.39, 0.29) is 17.3 Å². The molecule has 0 radical (unpaired) electrons. The monoisotopic (exact) mass is 403 g/mol. The first-order valence-corrected chi connectivity index (χ1v) is 9.61. The van der Waals surface area contributed by atoms with Crippen LogP contribution >= 0.6 is 0 Å². The average Bonchev–Trinajstić information content (AvgIpc) is 2.69. The molecule has 0 amide bonds. The van der Waals surface area contributed by atoms with Gasteiger partial charge in [0.15, 0.2) is 0 Å². The normalized spacial score (nSPS) is 18.1. The largest absolute Gasteiger partial charge is 0.368 e. The summed E-state index contributed by atoms with van der Waals surface area (Å²) in [7, 11) is 0. The number of alkyl halides is 2. The lowest BCUT2D eigenvalue weighted by atomic mass is 9.95. The van der Waals surface area contributed by atoms with Gasteiger partial charge in [-0.05, 0) is 31.2 Å². The second kappa shape index (κ2) is 8.37. The van der Waals surface area contributed by atoms with Crippen molar-refractivity contribution in [3.8, 4) is 6.07 Å². The Morgan fingerprint density at radius 2 is 2.07 bits per heavy atom. The van der Waals surface area contributed by atoms with Crippen molar-refractivity contribution in [1.29, 1.82) is 5.26 Å². The standard InChI is InChI=1S/C21H24F3N5/c1-14(2)21(23,24)16-9-19(22)18(11-25)20(10-16)29-8-7-28(15(3)12-29)13-17-5-4-6-26-27-17/h4-6,9-10,14-15H,7-8,12-13H2,1-3H3/t15-/m0/s1. The van der Waals surface area contributed by atoms with Gasteiger partial charge in [0, 0.05) is 49.9 Å². The molecular weight excluding hydrogens is 379 g/mol.